The highest BCUT2D eigenvalue weighted by atomic mass is 35.5. The summed E-state index contributed by atoms with van der Waals surface area (Å²) in [6, 6.07) is 6.36. The third kappa shape index (κ3) is 4.79. The number of pyridine rings is 1. The Morgan fingerprint density at radius 2 is 2.07 bits per heavy atom. The molecule has 0 aliphatic heterocycles. The zero-order chi connectivity index (χ0) is 20.9. The predicted molar refractivity (Wildman–Crippen MR) is 104 cm³/mol. The number of carbonyl (C=O) groups is 1. The molecule has 0 radical (unpaired) electrons. The number of aromatic nitrogens is 1. The quantitative estimate of drug-likeness (QED) is 0.494. The molecule has 152 valence electrons. The van der Waals surface area contributed by atoms with Crippen LogP contribution in [-0.4, -0.2) is 42.0 Å². The van der Waals surface area contributed by atoms with E-state index in [1.54, 1.807) is 37.7 Å². The second-order valence-electron chi connectivity index (χ2n) is 6.37. The molecule has 0 aliphatic rings. The molecule has 1 atom stereocenters. The second-order valence-corrected chi connectivity index (χ2v) is 8.64. The van der Waals surface area contributed by atoms with Crippen molar-refractivity contribution in [2.75, 3.05) is 7.11 Å². The average molecular weight is 428 g/mol. The van der Waals surface area contributed by atoms with E-state index < -0.39 is 27.9 Å². The number of rotatable bonds is 8. The summed E-state index contributed by atoms with van der Waals surface area (Å²) in [6.07, 6.45) is 3.06. The van der Waals surface area contributed by atoms with Gasteiger partial charge in [0.15, 0.2) is 0 Å². The van der Waals surface area contributed by atoms with Gasteiger partial charge < -0.3 is 4.74 Å². The molecule has 0 unspecified atom stereocenters. The Morgan fingerprint density at radius 1 is 1.36 bits per heavy atom. The average Bonchev–Trinajstić information content (AvgIpc) is 2.67. The summed E-state index contributed by atoms with van der Waals surface area (Å²) in [5, 5.41) is 9.11. The SMILES string of the molecule is COc1ccc(S(=O)(=O)N(Cc2cccnc2)[C@@H](C(=O)NO)C(C)C)c(Cl)c1. The van der Waals surface area contributed by atoms with Gasteiger partial charge in [-0.2, -0.15) is 4.31 Å². The van der Waals surface area contributed by atoms with E-state index in [0.29, 0.717) is 11.3 Å². The van der Waals surface area contributed by atoms with Gasteiger partial charge in [-0.3, -0.25) is 15.0 Å². The molecule has 1 aromatic heterocycles. The van der Waals surface area contributed by atoms with Crippen LogP contribution < -0.4 is 10.2 Å². The molecule has 0 saturated carbocycles. The van der Waals surface area contributed by atoms with E-state index >= 15 is 0 Å². The molecule has 10 heteroatoms. The van der Waals surface area contributed by atoms with Crippen molar-refractivity contribution in [1.29, 1.82) is 0 Å². The third-order valence-corrected chi connectivity index (χ3v) is 6.42. The number of nitrogens with zero attached hydrogens (tertiary/aromatic N) is 2. The second kappa shape index (κ2) is 9.33. The molecule has 2 rings (SSSR count). The van der Waals surface area contributed by atoms with Crippen molar-refractivity contribution >= 4 is 27.5 Å². The van der Waals surface area contributed by atoms with Gasteiger partial charge in [-0.05, 0) is 29.7 Å². The highest BCUT2D eigenvalue weighted by Crippen LogP contribution is 2.31. The van der Waals surface area contributed by atoms with E-state index in [1.165, 1.54) is 31.5 Å². The number of hydrogen-bond acceptors (Lipinski definition) is 6. The number of amides is 1. The van der Waals surface area contributed by atoms with Crippen LogP contribution >= 0.6 is 11.6 Å². The van der Waals surface area contributed by atoms with Crippen molar-refractivity contribution in [3.8, 4) is 5.75 Å². The zero-order valence-electron chi connectivity index (χ0n) is 15.7. The summed E-state index contributed by atoms with van der Waals surface area (Å²) in [5.74, 6) is -0.876. The van der Waals surface area contributed by atoms with Crippen LogP contribution in [0.15, 0.2) is 47.6 Å². The Balaban J connectivity index is 2.60. The number of nitrogens with one attached hydrogen (secondary N) is 1. The minimum atomic E-state index is -4.21. The topological polar surface area (TPSA) is 109 Å². The number of carbonyl (C=O) groups excluding carboxylic acids is 1. The predicted octanol–water partition coefficient (Wildman–Crippen LogP) is 2.46. The van der Waals surface area contributed by atoms with Gasteiger partial charge in [0.05, 0.1) is 12.1 Å². The standard InChI is InChI=1S/C18H22ClN3O5S/c1-12(2)17(18(23)21-24)22(11-13-5-4-8-20-10-13)28(25,26)16-7-6-14(27-3)9-15(16)19/h4-10,12,17,24H,11H2,1-3H3,(H,21,23)/t17-/m1/s1. The fourth-order valence-corrected chi connectivity index (χ4v) is 5.00. The molecule has 2 aromatic rings. The summed E-state index contributed by atoms with van der Waals surface area (Å²) >= 11 is 6.19. The highest BCUT2D eigenvalue weighted by Gasteiger charge is 2.39. The van der Waals surface area contributed by atoms with Crippen LogP contribution in [0, 0.1) is 5.92 Å². The summed E-state index contributed by atoms with van der Waals surface area (Å²) in [6.45, 7) is 3.23. The lowest BCUT2D eigenvalue weighted by molar-refractivity contribution is -0.134. The van der Waals surface area contributed by atoms with Crippen LogP contribution in [0.1, 0.15) is 19.4 Å². The fraction of sp³-hybridized carbons (Fsp3) is 0.333. The van der Waals surface area contributed by atoms with Crippen molar-refractivity contribution in [1.82, 2.24) is 14.8 Å². The van der Waals surface area contributed by atoms with Crippen LogP contribution in [0.25, 0.3) is 0 Å². The van der Waals surface area contributed by atoms with Crippen LogP contribution in [0.2, 0.25) is 5.02 Å². The molecule has 2 N–H and O–H groups in total. The maximum atomic E-state index is 13.4. The number of benzene rings is 1. The van der Waals surface area contributed by atoms with E-state index in [4.69, 9.17) is 21.5 Å². The summed E-state index contributed by atoms with van der Waals surface area (Å²) in [7, 11) is -2.77. The molecule has 8 nitrogen and oxygen atoms in total. The Kier molecular flexibility index (Phi) is 7.36. The van der Waals surface area contributed by atoms with Crippen molar-refractivity contribution in [2.24, 2.45) is 5.92 Å². The van der Waals surface area contributed by atoms with Crippen LogP contribution in [-0.2, 0) is 21.4 Å². The van der Waals surface area contributed by atoms with Gasteiger partial charge in [0, 0.05) is 25.0 Å². The molecule has 0 aliphatic carbocycles. The number of hydroxylamine groups is 1. The van der Waals surface area contributed by atoms with Gasteiger partial charge >= 0.3 is 0 Å². The van der Waals surface area contributed by atoms with Gasteiger partial charge in [-0.15, -0.1) is 0 Å². The molecule has 0 spiro atoms. The lowest BCUT2D eigenvalue weighted by Gasteiger charge is -2.32. The number of sulfonamides is 1. The Bertz CT molecular complexity index is 922. The molecule has 0 saturated heterocycles. The van der Waals surface area contributed by atoms with E-state index in [0.717, 1.165) is 4.31 Å². The molecular formula is C18H22ClN3O5S. The number of ether oxygens (including phenoxy) is 1. The van der Waals surface area contributed by atoms with Crippen molar-refractivity contribution < 1.29 is 23.2 Å². The first-order valence-corrected chi connectivity index (χ1v) is 10.2. The molecule has 0 bridgehead atoms. The molecule has 28 heavy (non-hydrogen) atoms. The van der Waals surface area contributed by atoms with Gasteiger partial charge in [0.1, 0.15) is 16.7 Å². The van der Waals surface area contributed by atoms with E-state index in [2.05, 4.69) is 4.98 Å². The Hall–Kier alpha value is -2.20. The molecule has 1 heterocycles. The number of methoxy groups -OCH3 is 1. The highest BCUT2D eigenvalue weighted by molar-refractivity contribution is 7.89. The maximum Gasteiger partial charge on any atom is 0.262 e. The minimum Gasteiger partial charge on any atom is -0.497 e. The lowest BCUT2D eigenvalue weighted by Crippen LogP contribution is -2.51. The van der Waals surface area contributed by atoms with E-state index in [1.807, 2.05) is 0 Å². The van der Waals surface area contributed by atoms with E-state index in [-0.39, 0.29) is 16.5 Å². The van der Waals surface area contributed by atoms with Crippen LogP contribution in [0.5, 0.6) is 5.75 Å². The molecule has 1 aromatic carbocycles. The van der Waals surface area contributed by atoms with Gasteiger partial charge in [0.2, 0.25) is 10.0 Å². The number of hydrogen-bond donors (Lipinski definition) is 2. The maximum absolute atomic E-state index is 13.4. The van der Waals surface area contributed by atoms with Crippen molar-refractivity contribution in [2.45, 2.75) is 31.3 Å². The normalized spacial score (nSPS) is 12.8. The van der Waals surface area contributed by atoms with Gasteiger partial charge in [0.25, 0.3) is 5.91 Å². The van der Waals surface area contributed by atoms with Crippen LogP contribution in [0.4, 0.5) is 0 Å². The molecule has 1 amide bonds. The first-order chi connectivity index (χ1) is 13.2. The monoisotopic (exact) mass is 427 g/mol. The molecular weight excluding hydrogens is 406 g/mol. The zero-order valence-corrected chi connectivity index (χ0v) is 17.2. The van der Waals surface area contributed by atoms with Crippen molar-refractivity contribution in [3.05, 3.63) is 53.3 Å². The van der Waals surface area contributed by atoms with Gasteiger partial charge in [-0.25, -0.2) is 13.9 Å². The first kappa shape index (κ1) is 22.1. The Morgan fingerprint density at radius 3 is 2.57 bits per heavy atom. The van der Waals surface area contributed by atoms with E-state index in [9.17, 15) is 13.2 Å². The smallest absolute Gasteiger partial charge is 0.262 e. The summed E-state index contributed by atoms with van der Waals surface area (Å²) in [5.41, 5.74) is 2.13. The molecule has 0 fully saturated rings. The largest absolute Gasteiger partial charge is 0.497 e. The van der Waals surface area contributed by atoms with Crippen LogP contribution in [0.3, 0.4) is 0 Å². The van der Waals surface area contributed by atoms with Gasteiger partial charge in [-0.1, -0.05) is 31.5 Å². The Labute approximate surface area is 169 Å². The van der Waals surface area contributed by atoms with Crippen molar-refractivity contribution in [3.63, 3.8) is 0 Å². The first-order valence-electron chi connectivity index (χ1n) is 8.40. The summed E-state index contributed by atoms with van der Waals surface area (Å²) in [4.78, 5) is 16.1. The fourth-order valence-electron chi connectivity index (χ4n) is 2.78. The lowest BCUT2D eigenvalue weighted by atomic mass is 10.0. The third-order valence-electron chi connectivity index (χ3n) is 4.11. The minimum absolute atomic E-state index is 0.0394. The number of halogens is 1. The summed E-state index contributed by atoms with van der Waals surface area (Å²) < 4.78 is 33.0.